The Morgan fingerprint density at radius 2 is 2.13 bits per heavy atom. The van der Waals surface area contributed by atoms with E-state index in [9.17, 15) is 14.7 Å². The fourth-order valence-electron chi connectivity index (χ4n) is 4.26. The number of hydrogen-bond acceptors (Lipinski definition) is 5. The van der Waals surface area contributed by atoms with Crippen molar-refractivity contribution in [3.8, 4) is 10.4 Å². The molecule has 2 aromatic heterocycles. The van der Waals surface area contributed by atoms with Crippen LogP contribution in [-0.4, -0.2) is 22.2 Å². The molecule has 3 aromatic rings. The standard InChI is InChI=1S/C23H22ClNO4S/c1-2-29-23(28)16-11-25(12-6-7-12)21-14(22(16)27)9-8-13(20(21)24)19-10-15-17(26)4-3-5-18(15)30-19/h8-12,17,26H,2-7H2,1H3. The van der Waals surface area contributed by atoms with E-state index in [1.807, 2.05) is 16.7 Å². The third-order valence-electron chi connectivity index (χ3n) is 5.91. The summed E-state index contributed by atoms with van der Waals surface area (Å²) in [5.41, 5.74) is 2.22. The van der Waals surface area contributed by atoms with Gasteiger partial charge in [0.15, 0.2) is 0 Å². The Morgan fingerprint density at radius 3 is 2.83 bits per heavy atom. The van der Waals surface area contributed by atoms with Gasteiger partial charge in [0.2, 0.25) is 5.43 Å². The van der Waals surface area contributed by atoms with Crippen LogP contribution in [0.4, 0.5) is 0 Å². The number of hydrogen-bond donors (Lipinski definition) is 1. The van der Waals surface area contributed by atoms with Crippen LogP contribution in [0.1, 0.15) is 65.6 Å². The molecule has 1 aromatic carbocycles. The summed E-state index contributed by atoms with van der Waals surface area (Å²) < 4.78 is 7.05. The van der Waals surface area contributed by atoms with Crippen LogP contribution in [-0.2, 0) is 11.2 Å². The number of aliphatic hydroxyl groups is 1. The highest BCUT2D eigenvalue weighted by atomic mass is 35.5. The topological polar surface area (TPSA) is 68.5 Å². The normalized spacial score (nSPS) is 18.4. The second-order valence-electron chi connectivity index (χ2n) is 7.95. The van der Waals surface area contributed by atoms with E-state index in [1.165, 1.54) is 4.88 Å². The molecule has 0 spiro atoms. The lowest BCUT2D eigenvalue weighted by atomic mass is 9.95. The maximum Gasteiger partial charge on any atom is 0.343 e. The van der Waals surface area contributed by atoms with Crippen LogP contribution in [0.15, 0.2) is 29.2 Å². The Labute approximate surface area is 182 Å². The predicted molar refractivity (Wildman–Crippen MR) is 119 cm³/mol. The fourth-order valence-corrected chi connectivity index (χ4v) is 5.97. The largest absolute Gasteiger partial charge is 0.462 e. The highest BCUT2D eigenvalue weighted by molar-refractivity contribution is 7.15. The number of nitrogens with zero attached hydrogens (tertiary/aromatic N) is 1. The number of aliphatic hydroxyl groups excluding tert-OH is 1. The molecule has 30 heavy (non-hydrogen) atoms. The number of aromatic nitrogens is 1. The molecule has 0 bridgehead atoms. The van der Waals surface area contributed by atoms with E-state index in [1.54, 1.807) is 30.5 Å². The van der Waals surface area contributed by atoms with Gasteiger partial charge in [-0.05, 0) is 56.7 Å². The Kier molecular flexibility index (Phi) is 4.96. The van der Waals surface area contributed by atoms with Crippen molar-refractivity contribution in [1.82, 2.24) is 4.57 Å². The first-order chi connectivity index (χ1) is 14.5. The number of esters is 1. The number of carbonyl (C=O) groups excluding carboxylic acids is 1. The van der Waals surface area contributed by atoms with Crippen LogP contribution in [0, 0.1) is 0 Å². The van der Waals surface area contributed by atoms with Crippen molar-refractivity contribution in [3.05, 3.63) is 55.6 Å². The van der Waals surface area contributed by atoms with Crippen molar-refractivity contribution in [2.45, 2.75) is 51.2 Å². The van der Waals surface area contributed by atoms with Crippen LogP contribution in [0.3, 0.4) is 0 Å². The van der Waals surface area contributed by atoms with Crippen LogP contribution in [0.5, 0.6) is 0 Å². The van der Waals surface area contributed by atoms with E-state index >= 15 is 0 Å². The van der Waals surface area contributed by atoms with Gasteiger partial charge in [-0.15, -0.1) is 11.3 Å². The molecule has 1 N–H and O–H groups in total. The van der Waals surface area contributed by atoms with Crippen molar-refractivity contribution in [1.29, 1.82) is 0 Å². The van der Waals surface area contributed by atoms with Crippen molar-refractivity contribution in [2.24, 2.45) is 0 Å². The minimum Gasteiger partial charge on any atom is -0.462 e. The number of benzene rings is 1. The highest BCUT2D eigenvalue weighted by Gasteiger charge is 2.29. The van der Waals surface area contributed by atoms with Gasteiger partial charge in [0.1, 0.15) is 5.56 Å². The number of fused-ring (bicyclic) bond motifs is 2. The lowest BCUT2D eigenvalue weighted by Crippen LogP contribution is -2.21. The van der Waals surface area contributed by atoms with E-state index in [0.717, 1.165) is 48.1 Å². The van der Waals surface area contributed by atoms with Gasteiger partial charge in [0.05, 0.1) is 23.3 Å². The second kappa shape index (κ2) is 7.52. The molecular formula is C23H22ClNO4S. The summed E-state index contributed by atoms with van der Waals surface area (Å²) in [6.07, 6.45) is 5.90. The van der Waals surface area contributed by atoms with E-state index in [4.69, 9.17) is 16.3 Å². The Morgan fingerprint density at radius 1 is 1.33 bits per heavy atom. The number of carbonyl (C=O) groups is 1. The lowest BCUT2D eigenvalue weighted by molar-refractivity contribution is 0.0524. The SMILES string of the molecule is CCOC(=O)c1cn(C2CC2)c2c(Cl)c(-c3cc4c(s3)CCCC4O)ccc2c1=O. The molecule has 1 fully saturated rings. The highest BCUT2D eigenvalue weighted by Crippen LogP contribution is 2.45. The van der Waals surface area contributed by atoms with Gasteiger partial charge >= 0.3 is 5.97 Å². The molecule has 0 radical (unpaired) electrons. The summed E-state index contributed by atoms with van der Waals surface area (Å²) in [7, 11) is 0. The van der Waals surface area contributed by atoms with Gasteiger partial charge < -0.3 is 14.4 Å². The molecule has 5 nitrogen and oxygen atoms in total. The minimum absolute atomic E-state index is 0.0507. The second-order valence-corrected chi connectivity index (χ2v) is 9.47. The van der Waals surface area contributed by atoms with Crippen molar-refractivity contribution < 1.29 is 14.6 Å². The number of ether oxygens (including phenoxy) is 1. The van der Waals surface area contributed by atoms with Crippen LogP contribution in [0.2, 0.25) is 5.02 Å². The summed E-state index contributed by atoms with van der Waals surface area (Å²) in [6, 6.07) is 5.87. The van der Waals surface area contributed by atoms with Crippen LogP contribution >= 0.6 is 22.9 Å². The Hall–Kier alpha value is -2.15. The monoisotopic (exact) mass is 443 g/mol. The summed E-state index contributed by atoms with van der Waals surface area (Å²) in [5.74, 6) is -0.598. The van der Waals surface area contributed by atoms with Crippen LogP contribution < -0.4 is 5.43 Å². The molecule has 2 heterocycles. The summed E-state index contributed by atoms with van der Waals surface area (Å²) in [5, 5.41) is 11.3. The van der Waals surface area contributed by atoms with Crippen molar-refractivity contribution in [2.75, 3.05) is 6.61 Å². The zero-order chi connectivity index (χ0) is 21.0. The molecule has 1 atom stereocenters. The summed E-state index contributed by atoms with van der Waals surface area (Å²) >= 11 is 8.54. The Balaban J connectivity index is 1.71. The third-order valence-corrected chi connectivity index (χ3v) is 7.54. The van der Waals surface area contributed by atoms with Crippen molar-refractivity contribution in [3.63, 3.8) is 0 Å². The molecule has 0 amide bonds. The zero-order valence-corrected chi connectivity index (χ0v) is 18.2. The molecule has 2 aliphatic carbocycles. The molecule has 5 rings (SSSR count). The van der Waals surface area contributed by atoms with Gasteiger partial charge in [-0.3, -0.25) is 4.79 Å². The quantitative estimate of drug-likeness (QED) is 0.558. The van der Waals surface area contributed by atoms with Gasteiger partial charge in [-0.25, -0.2) is 4.79 Å². The van der Waals surface area contributed by atoms with Gasteiger partial charge in [0.25, 0.3) is 0 Å². The van der Waals surface area contributed by atoms with Crippen LogP contribution in [0.25, 0.3) is 21.3 Å². The van der Waals surface area contributed by atoms with E-state index in [2.05, 4.69) is 0 Å². The zero-order valence-electron chi connectivity index (χ0n) is 16.6. The van der Waals surface area contributed by atoms with E-state index in [-0.39, 0.29) is 23.6 Å². The number of pyridine rings is 1. The van der Waals surface area contributed by atoms with Gasteiger partial charge in [0, 0.05) is 32.9 Å². The summed E-state index contributed by atoms with van der Waals surface area (Å²) in [4.78, 5) is 27.6. The van der Waals surface area contributed by atoms with Crippen molar-refractivity contribution >= 4 is 39.8 Å². The smallest absolute Gasteiger partial charge is 0.343 e. The third kappa shape index (κ3) is 3.18. The molecule has 1 saturated carbocycles. The molecule has 7 heteroatoms. The molecular weight excluding hydrogens is 422 g/mol. The molecule has 0 aliphatic heterocycles. The van der Waals surface area contributed by atoms with E-state index < -0.39 is 12.1 Å². The number of thiophene rings is 1. The lowest BCUT2D eigenvalue weighted by Gasteiger charge is -2.16. The maximum atomic E-state index is 13.0. The predicted octanol–water partition coefficient (Wildman–Crippen LogP) is 5.26. The summed E-state index contributed by atoms with van der Waals surface area (Å²) in [6.45, 7) is 1.94. The first kappa shape index (κ1) is 19.8. The molecule has 2 aliphatic rings. The first-order valence-corrected chi connectivity index (χ1v) is 11.5. The average Bonchev–Trinajstić information content (AvgIpc) is 3.47. The van der Waals surface area contributed by atoms with E-state index in [0.29, 0.717) is 15.9 Å². The maximum absolute atomic E-state index is 13.0. The molecule has 1 unspecified atom stereocenters. The van der Waals surface area contributed by atoms with Gasteiger partial charge in [-0.2, -0.15) is 0 Å². The first-order valence-electron chi connectivity index (χ1n) is 10.3. The fraction of sp³-hybridized carbons (Fsp3) is 0.391. The van der Waals surface area contributed by atoms with Gasteiger partial charge in [-0.1, -0.05) is 17.7 Å². The number of halogens is 1. The average molecular weight is 444 g/mol. The number of rotatable bonds is 4. The number of aryl methyl sites for hydroxylation is 1. The molecule has 156 valence electrons. The minimum atomic E-state index is -0.598. The Bertz CT molecular complexity index is 1220. The molecule has 0 saturated heterocycles.